The van der Waals surface area contributed by atoms with Crippen molar-refractivity contribution in [2.24, 2.45) is 0 Å². The summed E-state index contributed by atoms with van der Waals surface area (Å²) in [7, 11) is 0. The number of carbonyl (C=O) groups is 1. The number of hydrogen-bond donors (Lipinski definition) is 2. The van der Waals surface area contributed by atoms with Crippen LogP contribution in [0.5, 0.6) is 0 Å². The van der Waals surface area contributed by atoms with Crippen LogP contribution >= 0.6 is 11.6 Å². The summed E-state index contributed by atoms with van der Waals surface area (Å²) in [5, 5.41) is 3.03. The number of benzene rings is 2. The quantitative estimate of drug-likeness (QED) is 0.824. The molecule has 98 valence electrons. The van der Waals surface area contributed by atoms with Gasteiger partial charge in [-0.05, 0) is 37.3 Å². The van der Waals surface area contributed by atoms with Gasteiger partial charge in [-0.25, -0.2) is 4.39 Å². The average molecular weight is 279 g/mol. The van der Waals surface area contributed by atoms with E-state index in [1.807, 2.05) is 0 Å². The Kier molecular flexibility index (Phi) is 3.71. The third kappa shape index (κ3) is 3.03. The minimum Gasteiger partial charge on any atom is -0.397 e. The van der Waals surface area contributed by atoms with Gasteiger partial charge in [-0.15, -0.1) is 0 Å². The third-order valence-corrected chi connectivity index (χ3v) is 2.86. The molecule has 0 saturated carbocycles. The van der Waals surface area contributed by atoms with E-state index in [1.54, 1.807) is 25.1 Å². The van der Waals surface area contributed by atoms with E-state index in [2.05, 4.69) is 5.32 Å². The van der Waals surface area contributed by atoms with Crippen LogP contribution in [0.15, 0.2) is 36.4 Å². The summed E-state index contributed by atoms with van der Waals surface area (Å²) in [4.78, 5) is 12.0. The minimum absolute atomic E-state index is 0.0191. The number of nitrogens with one attached hydrogen (secondary N) is 1. The van der Waals surface area contributed by atoms with Gasteiger partial charge in [-0.1, -0.05) is 23.2 Å². The van der Waals surface area contributed by atoms with Crippen molar-refractivity contribution in [3.63, 3.8) is 0 Å². The fourth-order valence-electron chi connectivity index (χ4n) is 1.65. The molecule has 0 radical (unpaired) electrons. The Morgan fingerprint density at radius 3 is 2.68 bits per heavy atom. The SMILES string of the molecule is Cc1ccc(F)c(C(=O)Nc2ccc(Cl)cc2N)c1. The van der Waals surface area contributed by atoms with Gasteiger partial charge in [0, 0.05) is 5.02 Å². The number of halogens is 2. The summed E-state index contributed by atoms with van der Waals surface area (Å²) < 4.78 is 13.6. The van der Waals surface area contributed by atoms with E-state index in [-0.39, 0.29) is 5.56 Å². The zero-order valence-corrected chi connectivity index (χ0v) is 11.0. The van der Waals surface area contributed by atoms with Crippen LogP contribution in [0.1, 0.15) is 15.9 Å². The molecule has 2 rings (SSSR count). The topological polar surface area (TPSA) is 55.1 Å². The Morgan fingerprint density at radius 1 is 1.26 bits per heavy atom. The van der Waals surface area contributed by atoms with Crippen LogP contribution < -0.4 is 11.1 Å². The van der Waals surface area contributed by atoms with E-state index in [1.165, 1.54) is 18.2 Å². The number of amides is 1. The zero-order chi connectivity index (χ0) is 14.0. The minimum atomic E-state index is -0.573. The molecular weight excluding hydrogens is 267 g/mol. The van der Waals surface area contributed by atoms with Gasteiger partial charge in [0.05, 0.1) is 16.9 Å². The molecule has 0 aliphatic carbocycles. The summed E-state index contributed by atoms with van der Waals surface area (Å²) in [6, 6.07) is 9.03. The van der Waals surface area contributed by atoms with E-state index in [4.69, 9.17) is 17.3 Å². The Hall–Kier alpha value is -2.07. The van der Waals surface area contributed by atoms with E-state index in [0.29, 0.717) is 16.4 Å². The normalized spacial score (nSPS) is 10.3. The molecule has 0 aliphatic rings. The first-order valence-electron chi connectivity index (χ1n) is 5.60. The largest absolute Gasteiger partial charge is 0.397 e. The number of carbonyl (C=O) groups excluding carboxylic acids is 1. The molecule has 0 unspecified atom stereocenters. The van der Waals surface area contributed by atoms with Crippen molar-refractivity contribution >= 4 is 28.9 Å². The summed E-state index contributed by atoms with van der Waals surface area (Å²) >= 11 is 5.76. The van der Waals surface area contributed by atoms with Crippen LogP contribution in [0.4, 0.5) is 15.8 Å². The first kappa shape index (κ1) is 13.4. The van der Waals surface area contributed by atoms with Crippen molar-refractivity contribution in [1.82, 2.24) is 0 Å². The molecule has 0 aromatic heterocycles. The van der Waals surface area contributed by atoms with Gasteiger partial charge >= 0.3 is 0 Å². The predicted octanol–water partition coefficient (Wildman–Crippen LogP) is 3.62. The summed E-state index contributed by atoms with van der Waals surface area (Å²) in [5.41, 5.74) is 7.23. The lowest BCUT2D eigenvalue weighted by molar-refractivity contribution is 0.102. The molecule has 0 saturated heterocycles. The highest BCUT2D eigenvalue weighted by molar-refractivity contribution is 6.31. The van der Waals surface area contributed by atoms with Crippen LogP contribution in [0.2, 0.25) is 5.02 Å². The molecule has 5 heteroatoms. The van der Waals surface area contributed by atoms with Gasteiger partial charge in [0.25, 0.3) is 5.91 Å². The highest BCUT2D eigenvalue weighted by atomic mass is 35.5. The second kappa shape index (κ2) is 5.28. The number of hydrogen-bond acceptors (Lipinski definition) is 2. The van der Waals surface area contributed by atoms with Crippen molar-refractivity contribution in [2.45, 2.75) is 6.92 Å². The van der Waals surface area contributed by atoms with Crippen molar-refractivity contribution in [1.29, 1.82) is 0 Å². The van der Waals surface area contributed by atoms with Gasteiger partial charge in [0.15, 0.2) is 0 Å². The maximum Gasteiger partial charge on any atom is 0.258 e. The number of anilines is 2. The molecule has 0 bridgehead atoms. The smallest absolute Gasteiger partial charge is 0.258 e. The maximum atomic E-state index is 13.6. The summed E-state index contributed by atoms with van der Waals surface area (Å²) in [6.45, 7) is 1.78. The highest BCUT2D eigenvalue weighted by Gasteiger charge is 2.13. The molecule has 1 amide bonds. The fourth-order valence-corrected chi connectivity index (χ4v) is 1.83. The maximum absolute atomic E-state index is 13.6. The molecule has 19 heavy (non-hydrogen) atoms. The standard InChI is InChI=1S/C14H12ClFN2O/c1-8-2-4-11(16)10(6-8)14(19)18-13-5-3-9(15)7-12(13)17/h2-7H,17H2,1H3,(H,18,19). The third-order valence-electron chi connectivity index (χ3n) is 2.63. The van der Waals surface area contributed by atoms with Crippen LogP contribution in [0.25, 0.3) is 0 Å². The molecule has 0 heterocycles. The number of nitrogen functional groups attached to an aromatic ring is 1. The highest BCUT2D eigenvalue weighted by Crippen LogP contribution is 2.23. The lowest BCUT2D eigenvalue weighted by Crippen LogP contribution is -2.15. The van der Waals surface area contributed by atoms with Crippen molar-refractivity contribution in [3.05, 3.63) is 58.4 Å². The van der Waals surface area contributed by atoms with Crippen LogP contribution in [0, 0.1) is 12.7 Å². The average Bonchev–Trinajstić information content (AvgIpc) is 2.35. The van der Waals surface area contributed by atoms with E-state index in [0.717, 1.165) is 5.56 Å². The van der Waals surface area contributed by atoms with Gasteiger partial charge in [-0.3, -0.25) is 4.79 Å². The summed E-state index contributed by atoms with van der Waals surface area (Å²) in [6.07, 6.45) is 0. The zero-order valence-electron chi connectivity index (χ0n) is 10.2. The number of rotatable bonds is 2. The molecule has 0 spiro atoms. The molecule has 3 N–H and O–H groups in total. The molecule has 2 aromatic rings. The van der Waals surface area contributed by atoms with Crippen LogP contribution in [0.3, 0.4) is 0 Å². The van der Waals surface area contributed by atoms with Crippen molar-refractivity contribution in [2.75, 3.05) is 11.1 Å². The number of nitrogens with two attached hydrogens (primary N) is 1. The van der Waals surface area contributed by atoms with E-state index in [9.17, 15) is 9.18 Å². The molecule has 2 aromatic carbocycles. The molecule has 0 atom stereocenters. The first-order chi connectivity index (χ1) is 8.97. The monoisotopic (exact) mass is 278 g/mol. The summed E-state index contributed by atoms with van der Waals surface area (Å²) in [5.74, 6) is -1.12. The predicted molar refractivity (Wildman–Crippen MR) is 75.0 cm³/mol. The van der Waals surface area contributed by atoms with E-state index >= 15 is 0 Å². The van der Waals surface area contributed by atoms with Gasteiger partial charge in [-0.2, -0.15) is 0 Å². The fraction of sp³-hybridized carbons (Fsp3) is 0.0714. The van der Waals surface area contributed by atoms with E-state index < -0.39 is 11.7 Å². The Bertz CT molecular complexity index is 643. The number of aryl methyl sites for hydroxylation is 1. The molecule has 3 nitrogen and oxygen atoms in total. The Balaban J connectivity index is 2.28. The second-order valence-corrected chi connectivity index (χ2v) is 4.61. The Labute approximate surface area is 115 Å². The van der Waals surface area contributed by atoms with Crippen molar-refractivity contribution in [3.8, 4) is 0 Å². The molecular formula is C14H12ClFN2O. The van der Waals surface area contributed by atoms with Crippen LogP contribution in [-0.2, 0) is 0 Å². The van der Waals surface area contributed by atoms with Gasteiger partial charge in [0.1, 0.15) is 5.82 Å². The van der Waals surface area contributed by atoms with Crippen molar-refractivity contribution < 1.29 is 9.18 Å². The molecule has 0 fully saturated rings. The first-order valence-corrected chi connectivity index (χ1v) is 5.97. The van der Waals surface area contributed by atoms with Gasteiger partial charge in [0.2, 0.25) is 0 Å². The molecule has 0 aliphatic heterocycles. The lowest BCUT2D eigenvalue weighted by atomic mass is 10.1. The lowest BCUT2D eigenvalue weighted by Gasteiger charge is -2.09. The van der Waals surface area contributed by atoms with Crippen LogP contribution in [-0.4, -0.2) is 5.91 Å². The Morgan fingerprint density at radius 2 is 2.00 bits per heavy atom. The second-order valence-electron chi connectivity index (χ2n) is 4.17. The van der Waals surface area contributed by atoms with Gasteiger partial charge < -0.3 is 11.1 Å².